The predicted molar refractivity (Wildman–Crippen MR) is 39.2 cm³/mol. The van der Waals surface area contributed by atoms with Gasteiger partial charge < -0.3 is 14.7 Å². The van der Waals surface area contributed by atoms with Crippen molar-refractivity contribution in [2.24, 2.45) is 0 Å². The first-order chi connectivity index (χ1) is 4.15. The maximum atomic E-state index is 11.4. The fraction of sp³-hybridized carbons (Fsp3) is 1.00. The van der Waals surface area contributed by atoms with E-state index in [1.54, 1.807) is 0 Å². The molecule has 0 aromatic rings. The summed E-state index contributed by atoms with van der Waals surface area (Å²) >= 11 is 0. The third kappa shape index (κ3) is 5.41. The summed E-state index contributed by atoms with van der Waals surface area (Å²) in [6.45, 7) is 5.13. The Morgan fingerprint density at radius 1 is 1.18 bits per heavy atom. The quantitative estimate of drug-likeness (QED) is 0.460. The summed E-state index contributed by atoms with van der Waals surface area (Å²) in [7, 11) is -2.39. The summed E-state index contributed by atoms with van der Waals surface area (Å²) in [5, 5.41) is 7.91. The molecule has 0 saturated carbocycles. The van der Waals surface area contributed by atoms with E-state index in [9.17, 15) is 4.57 Å². The van der Waals surface area contributed by atoms with Crippen molar-refractivity contribution in [3.8, 4) is 0 Å². The molecule has 54 valence electrons. The Bertz CT molecular complexity index is 143. The molecule has 1 rings (SSSR count). The molecule has 0 spiro atoms. The second-order valence-corrected chi connectivity index (χ2v) is 5.19. The largest absolute Gasteiger partial charge is 1.00 e. The summed E-state index contributed by atoms with van der Waals surface area (Å²) in [6, 6.07) is 0. The van der Waals surface area contributed by atoms with Gasteiger partial charge in [0.1, 0.15) is 0 Å². The first-order valence-corrected chi connectivity index (χ1v) is 4.81. The van der Waals surface area contributed by atoms with Crippen LogP contribution in [-0.2, 0) is 4.57 Å². The van der Waals surface area contributed by atoms with Gasteiger partial charge in [-0.2, -0.15) is 13.1 Å². The molecule has 0 unspecified atom stereocenters. The van der Waals surface area contributed by atoms with Crippen molar-refractivity contribution in [2.75, 3.05) is 13.1 Å². The van der Waals surface area contributed by atoms with Crippen molar-refractivity contribution in [2.45, 2.75) is 19.5 Å². The minimum Gasteiger partial charge on any atom is -0.621 e. The van der Waals surface area contributed by atoms with Gasteiger partial charge in [-0.3, -0.25) is 0 Å². The molecule has 0 radical (unpaired) electrons. The minimum absolute atomic E-state index is 0. The summed E-state index contributed by atoms with van der Waals surface area (Å²) < 4.78 is 11.4. The van der Waals surface area contributed by atoms with Gasteiger partial charge in [-0.1, -0.05) is 21.3 Å². The molecule has 0 atom stereocenters. The van der Waals surface area contributed by atoms with E-state index < -0.39 is 7.44 Å². The van der Waals surface area contributed by atoms with E-state index >= 15 is 0 Å². The SMILES string of the molecule is CC(C)P1(=O)[N-]CC[N-]1.[Rb+].[Rb+]. The zero-order valence-corrected chi connectivity index (χ0v) is 18.5. The van der Waals surface area contributed by atoms with E-state index in [1.165, 1.54) is 0 Å². The van der Waals surface area contributed by atoms with E-state index in [1.807, 2.05) is 13.8 Å². The van der Waals surface area contributed by atoms with Crippen molar-refractivity contribution < 1.29 is 121 Å². The van der Waals surface area contributed by atoms with Gasteiger partial charge in [-0.15, -0.1) is 0 Å². The Hall–Kier alpha value is 3.76. The zero-order chi connectivity index (χ0) is 6.91. The second-order valence-electron chi connectivity index (χ2n) is 2.41. The van der Waals surface area contributed by atoms with Gasteiger partial charge in [-0.05, 0) is 5.66 Å². The van der Waals surface area contributed by atoms with Gasteiger partial charge >= 0.3 is 116 Å². The van der Waals surface area contributed by atoms with Crippen LogP contribution >= 0.6 is 7.44 Å². The smallest absolute Gasteiger partial charge is 0.621 e. The molecule has 0 aliphatic carbocycles. The van der Waals surface area contributed by atoms with Crippen LogP contribution in [-0.4, -0.2) is 18.7 Å². The molecular weight excluding hydrogens is 306 g/mol. The monoisotopic (exact) mass is 316 g/mol. The molecule has 0 bridgehead atoms. The Labute approximate surface area is 166 Å². The summed E-state index contributed by atoms with van der Waals surface area (Å²) in [5.41, 5.74) is 0.111. The first-order valence-electron chi connectivity index (χ1n) is 3.13. The summed E-state index contributed by atoms with van der Waals surface area (Å²) in [5.74, 6) is 0. The zero-order valence-electron chi connectivity index (χ0n) is 7.74. The van der Waals surface area contributed by atoms with Crippen LogP contribution in [0.3, 0.4) is 0 Å². The molecule has 3 nitrogen and oxygen atoms in total. The maximum Gasteiger partial charge on any atom is 1.00 e. The maximum absolute atomic E-state index is 11.4. The summed E-state index contributed by atoms with van der Waals surface area (Å²) in [6.07, 6.45) is 0. The molecule has 0 aromatic carbocycles. The van der Waals surface area contributed by atoms with Crippen LogP contribution in [0.5, 0.6) is 0 Å². The third-order valence-electron chi connectivity index (χ3n) is 1.38. The number of nitrogens with zero attached hydrogens (tertiary/aromatic N) is 2. The molecule has 1 aliphatic rings. The van der Waals surface area contributed by atoms with Crippen molar-refractivity contribution >= 4 is 7.44 Å². The van der Waals surface area contributed by atoms with Gasteiger partial charge in [0.05, 0.1) is 0 Å². The normalized spacial score (nSPS) is 20.6. The van der Waals surface area contributed by atoms with E-state index in [0.29, 0.717) is 13.1 Å². The Morgan fingerprint density at radius 2 is 1.55 bits per heavy atom. The molecule has 1 fully saturated rings. The van der Waals surface area contributed by atoms with Crippen LogP contribution in [0, 0.1) is 0 Å². The Morgan fingerprint density at radius 3 is 1.73 bits per heavy atom. The topological polar surface area (TPSA) is 45.3 Å². The average molecular weight is 317 g/mol. The molecule has 1 heterocycles. The van der Waals surface area contributed by atoms with Crippen molar-refractivity contribution in [3.05, 3.63) is 10.2 Å². The molecule has 0 aromatic heterocycles. The Balaban J connectivity index is 0. The van der Waals surface area contributed by atoms with Crippen LogP contribution in [0.15, 0.2) is 0 Å². The first kappa shape index (κ1) is 17.2. The average Bonchev–Trinajstić information content (AvgIpc) is 2.16. The predicted octanol–water partition coefficient (Wildman–Crippen LogP) is -3.64. The molecule has 0 N–H and O–H groups in total. The standard InChI is InChI=1S/C5H11N2OP.2Rb/c1-5(2)9(8)6-3-4-7-9;;/h5H,3-4H2,1-2H3;;/q-2;2*+1. The van der Waals surface area contributed by atoms with Gasteiger partial charge in [-0.25, -0.2) is 0 Å². The van der Waals surface area contributed by atoms with Gasteiger partial charge in [0.15, 0.2) is 0 Å². The fourth-order valence-corrected chi connectivity index (χ4v) is 2.24. The van der Waals surface area contributed by atoms with E-state index in [2.05, 4.69) is 10.2 Å². The van der Waals surface area contributed by atoms with E-state index in [4.69, 9.17) is 0 Å². The van der Waals surface area contributed by atoms with Gasteiger partial charge in [0, 0.05) is 0 Å². The van der Waals surface area contributed by atoms with Crippen LogP contribution in [0.25, 0.3) is 10.2 Å². The van der Waals surface area contributed by atoms with Crippen molar-refractivity contribution in [1.29, 1.82) is 0 Å². The van der Waals surface area contributed by atoms with Crippen LogP contribution < -0.4 is 116 Å². The fourth-order valence-electron chi connectivity index (χ4n) is 0.747. The number of hydrogen-bond acceptors (Lipinski definition) is 1. The van der Waals surface area contributed by atoms with E-state index in [0.717, 1.165) is 0 Å². The third-order valence-corrected chi connectivity index (χ3v) is 3.93. The minimum atomic E-state index is -2.39. The molecule has 1 aliphatic heterocycles. The molecule has 1 saturated heterocycles. The Kier molecular flexibility index (Phi) is 12.4. The van der Waals surface area contributed by atoms with Crippen LogP contribution in [0.2, 0.25) is 0 Å². The molecule has 6 heteroatoms. The van der Waals surface area contributed by atoms with Crippen LogP contribution in [0.1, 0.15) is 13.8 Å². The number of hydrogen-bond donors (Lipinski definition) is 0. The van der Waals surface area contributed by atoms with Gasteiger partial charge in [0.25, 0.3) is 0 Å². The number of rotatable bonds is 1. The van der Waals surface area contributed by atoms with E-state index in [-0.39, 0.29) is 122 Å². The second kappa shape index (κ2) is 7.98. The van der Waals surface area contributed by atoms with Crippen molar-refractivity contribution in [3.63, 3.8) is 0 Å². The van der Waals surface area contributed by atoms with Crippen LogP contribution in [0.4, 0.5) is 0 Å². The van der Waals surface area contributed by atoms with Gasteiger partial charge in [0.2, 0.25) is 0 Å². The molecular formula is C5H11N2OPRb2. The van der Waals surface area contributed by atoms with Crippen molar-refractivity contribution in [1.82, 2.24) is 0 Å². The molecule has 11 heavy (non-hydrogen) atoms. The molecule has 0 amide bonds. The summed E-state index contributed by atoms with van der Waals surface area (Å²) in [4.78, 5) is 0.